The lowest BCUT2D eigenvalue weighted by Gasteiger charge is -2.33. The number of fused-ring (bicyclic) bond motifs is 1. The number of halogens is 2. The molecule has 1 saturated heterocycles. The maximum atomic E-state index is 14.1. The maximum absolute atomic E-state index is 14.1. The van der Waals surface area contributed by atoms with Crippen LogP contribution in [0.5, 0.6) is 0 Å². The van der Waals surface area contributed by atoms with Gasteiger partial charge >= 0.3 is 6.03 Å². The Morgan fingerprint density at radius 2 is 2.18 bits per heavy atom. The number of urea groups is 1. The van der Waals surface area contributed by atoms with Gasteiger partial charge in [0.15, 0.2) is 5.82 Å². The van der Waals surface area contributed by atoms with Crippen LogP contribution in [0.25, 0.3) is 0 Å². The van der Waals surface area contributed by atoms with Crippen LogP contribution in [0.4, 0.5) is 14.9 Å². The molecule has 1 aliphatic heterocycles. The van der Waals surface area contributed by atoms with E-state index in [1.807, 2.05) is 0 Å². The molecule has 0 bridgehead atoms. The van der Waals surface area contributed by atoms with E-state index in [4.69, 9.17) is 4.74 Å². The molecule has 0 radical (unpaired) electrons. The van der Waals surface area contributed by atoms with Gasteiger partial charge in [0.25, 0.3) is 0 Å². The summed E-state index contributed by atoms with van der Waals surface area (Å²) in [6.07, 6.45) is 4.34. The normalized spacial score (nSPS) is 27.3. The molecule has 3 rings (SSSR count). The fraction of sp³-hybridized carbons (Fsp3) is 0.562. The van der Waals surface area contributed by atoms with E-state index in [1.54, 1.807) is 19.1 Å². The second-order valence-corrected chi connectivity index (χ2v) is 6.89. The van der Waals surface area contributed by atoms with Crippen LogP contribution < -0.4 is 10.6 Å². The molecule has 4 nitrogen and oxygen atoms in total. The first-order chi connectivity index (χ1) is 10.6. The Labute approximate surface area is 137 Å². The number of rotatable bonds is 2. The van der Waals surface area contributed by atoms with Gasteiger partial charge in [-0.3, -0.25) is 0 Å². The van der Waals surface area contributed by atoms with E-state index in [1.165, 1.54) is 0 Å². The number of hydrogen-bond donors (Lipinski definition) is 2. The highest BCUT2D eigenvalue weighted by Crippen LogP contribution is 2.34. The Hall–Kier alpha value is -1.14. The quantitative estimate of drug-likeness (QED) is 0.827. The highest BCUT2D eigenvalue weighted by molar-refractivity contribution is 9.10. The summed E-state index contributed by atoms with van der Waals surface area (Å²) in [5.74, 6) is -0.0220. The van der Waals surface area contributed by atoms with Crippen molar-refractivity contribution in [1.29, 1.82) is 0 Å². The second kappa shape index (κ2) is 6.54. The molecule has 1 aromatic carbocycles. The maximum Gasteiger partial charge on any atom is 0.319 e. The van der Waals surface area contributed by atoms with Crippen LogP contribution in [-0.4, -0.2) is 24.8 Å². The summed E-state index contributed by atoms with van der Waals surface area (Å²) in [4.78, 5) is 12.2. The first-order valence-electron chi connectivity index (χ1n) is 7.70. The van der Waals surface area contributed by atoms with E-state index in [0.717, 1.165) is 32.3 Å². The average molecular weight is 371 g/mol. The largest absolute Gasteiger partial charge is 0.378 e. The molecule has 3 atom stereocenters. The first kappa shape index (κ1) is 15.7. The molecule has 120 valence electrons. The monoisotopic (exact) mass is 370 g/mol. The van der Waals surface area contributed by atoms with Crippen molar-refractivity contribution in [1.82, 2.24) is 5.32 Å². The number of amides is 2. The molecule has 0 aromatic heterocycles. The van der Waals surface area contributed by atoms with Crippen molar-refractivity contribution in [3.8, 4) is 0 Å². The van der Waals surface area contributed by atoms with Crippen molar-refractivity contribution < 1.29 is 13.9 Å². The number of ether oxygens (including phenoxy) is 1. The molecule has 1 aliphatic carbocycles. The minimum Gasteiger partial charge on any atom is -0.378 e. The number of hydrogen-bond acceptors (Lipinski definition) is 2. The molecular formula is C16H20BrFN2O2. The Bertz CT molecular complexity index is 582. The highest BCUT2D eigenvalue weighted by Gasteiger charge is 2.38. The number of benzene rings is 1. The van der Waals surface area contributed by atoms with Crippen molar-refractivity contribution in [2.24, 2.45) is 5.92 Å². The molecule has 1 saturated carbocycles. The molecule has 1 aromatic rings. The highest BCUT2D eigenvalue weighted by atomic mass is 79.9. The van der Waals surface area contributed by atoms with Crippen LogP contribution in [0.2, 0.25) is 0 Å². The number of anilines is 1. The van der Waals surface area contributed by atoms with Crippen molar-refractivity contribution in [3.63, 3.8) is 0 Å². The van der Waals surface area contributed by atoms with Gasteiger partial charge in [-0.1, -0.05) is 15.9 Å². The van der Waals surface area contributed by atoms with Crippen LogP contribution in [-0.2, 0) is 4.74 Å². The van der Waals surface area contributed by atoms with Crippen LogP contribution in [0.3, 0.4) is 0 Å². The molecule has 2 aliphatic rings. The Kier molecular flexibility index (Phi) is 4.68. The molecule has 0 spiro atoms. The van der Waals surface area contributed by atoms with E-state index >= 15 is 0 Å². The zero-order valence-corrected chi connectivity index (χ0v) is 14.1. The molecule has 2 amide bonds. The minimum absolute atomic E-state index is 0.112. The Morgan fingerprint density at radius 3 is 3.00 bits per heavy atom. The summed E-state index contributed by atoms with van der Waals surface area (Å²) in [6.45, 7) is 2.44. The van der Waals surface area contributed by atoms with E-state index in [-0.39, 0.29) is 23.9 Å². The molecular weight excluding hydrogens is 351 g/mol. The topological polar surface area (TPSA) is 50.4 Å². The van der Waals surface area contributed by atoms with E-state index < -0.39 is 5.82 Å². The number of carbonyl (C=O) groups excluding carboxylic acids is 1. The summed E-state index contributed by atoms with van der Waals surface area (Å²) in [7, 11) is 0. The fourth-order valence-corrected chi connectivity index (χ4v) is 3.75. The van der Waals surface area contributed by atoms with E-state index in [0.29, 0.717) is 16.0 Å². The zero-order valence-electron chi connectivity index (χ0n) is 12.5. The molecule has 22 heavy (non-hydrogen) atoms. The standard InChI is InChI=1S/C16H20BrFN2O2/c1-9-11(17)5-6-13(15(9)18)20-16(21)19-12-3-2-4-14-10(12)7-8-22-14/h5-6,10,12,14H,2-4,7-8H2,1H3,(H2,19,20,21). The van der Waals surface area contributed by atoms with Gasteiger partial charge in [0, 0.05) is 28.6 Å². The van der Waals surface area contributed by atoms with Crippen LogP contribution in [0, 0.1) is 18.7 Å². The summed E-state index contributed by atoms with van der Waals surface area (Å²) >= 11 is 3.27. The predicted octanol–water partition coefficient (Wildman–Crippen LogP) is 3.98. The number of carbonyl (C=O) groups is 1. The average Bonchev–Trinajstić information content (AvgIpc) is 2.97. The first-order valence-corrected chi connectivity index (χ1v) is 8.49. The third-order valence-electron chi connectivity index (χ3n) is 4.67. The van der Waals surface area contributed by atoms with Gasteiger partial charge in [0.1, 0.15) is 0 Å². The van der Waals surface area contributed by atoms with Gasteiger partial charge < -0.3 is 15.4 Å². The second-order valence-electron chi connectivity index (χ2n) is 6.03. The Morgan fingerprint density at radius 1 is 1.36 bits per heavy atom. The summed E-state index contributed by atoms with van der Waals surface area (Å²) in [6, 6.07) is 3.06. The SMILES string of the molecule is Cc1c(Br)ccc(NC(=O)NC2CCCC3OCCC23)c1F. The predicted molar refractivity (Wildman–Crippen MR) is 86.5 cm³/mol. The van der Waals surface area contributed by atoms with Gasteiger partial charge in [0.05, 0.1) is 11.8 Å². The van der Waals surface area contributed by atoms with E-state index in [2.05, 4.69) is 26.6 Å². The molecule has 6 heteroatoms. The third kappa shape index (κ3) is 3.13. The molecule has 3 unspecified atom stereocenters. The Balaban J connectivity index is 1.64. The van der Waals surface area contributed by atoms with Gasteiger partial charge in [-0.15, -0.1) is 0 Å². The van der Waals surface area contributed by atoms with E-state index in [9.17, 15) is 9.18 Å². The van der Waals surface area contributed by atoms with Gasteiger partial charge in [-0.25, -0.2) is 9.18 Å². The zero-order chi connectivity index (χ0) is 15.7. The summed E-state index contributed by atoms with van der Waals surface area (Å²) in [5.41, 5.74) is 0.688. The third-order valence-corrected chi connectivity index (χ3v) is 5.53. The summed E-state index contributed by atoms with van der Waals surface area (Å²) < 4.78 is 20.5. The smallest absolute Gasteiger partial charge is 0.319 e. The van der Waals surface area contributed by atoms with Crippen LogP contribution in [0.15, 0.2) is 16.6 Å². The molecule has 2 N–H and O–H groups in total. The van der Waals surface area contributed by atoms with Crippen molar-refractivity contribution in [2.45, 2.75) is 44.8 Å². The van der Waals surface area contributed by atoms with Crippen LogP contribution in [0.1, 0.15) is 31.2 Å². The van der Waals surface area contributed by atoms with Crippen molar-refractivity contribution in [3.05, 3.63) is 28.0 Å². The number of nitrogens with one attached hydrogen (secondary N) is 2. The lowest BCUT2D eigenvalue weighted by atomic mass is 9.82. The van der Waals surface area contributed by atoms with Gasteiger partial charge in [-0.05, 0) is 44.7 Å². The molecule has 2 fully saturated rings. The lowest BCUT2D eigenvalue weighted by Crippen LogP contribution is -2.47. The minimum atomic E-state index is -0.407. The lowest BCUT2D eigenvalue weighted by molar-refractivity contribution is 0.0553. The van der Waals surface area contributed by atoms with Crippen molar-refractivity contribution >= 4 is 27.6 Å². The molecule has 1 heterocycles. The van der Waals surface area contributed by atoms with Crippen molar-refractivity contribution in [2.75, 3.05) is 11.9 Å². The van der Waals surface area contributed by atoms with Crippen LogP contribution >= 0.6 is 15.9 Å². The summed E-state index contributed by atoms with van der Waals surface area (Å²) in [5, 5.41) is 5.61. The fourth-order valence-electron chi connectivity index (χ4n) is 3.44. The van der Waals surface area contributed by atoms with Gasteiger partial charge in [-0.2, -0.15) is 0 Å². The van der Waals surface area contributed by atoms with Gasteiger partial charge in [0.2, 0.25) is 0 Å².